The Hall–Kier alpha value is -1.13. The Kier molecular flexibility index (Phi) is 3.97. The molecule has 2 rings (SSSR count). The second kappa shape index (κ2) is 5.47. The van der Waals surface area contributed by atoms with Crippen molar-refractivity contribution in [2.45, 2.75) is 13.0 Å². The number of nitrogens with zero attached hydrogens (tertiary/aromatic N) is 1. The molecule has 0 radical (unpaired) electrons. The van der Waals surface area contributed by atoms with Crippen LogP contribution in [0.25, 0.3) is 0 Å². The number of aromatic hydroxyl groups is 1. The standard InChI is InChI=1S/C13H12BrNOS/c1-9(13-3-2-6-17-13)15-8-10-7-11(14)4-5-12(10)16/h2-9,16H,1H3/t9-/m0/s1. The number of hydrogen-bond donors (Lipinski definition) is 1. The lowest BCUT2D eigenvalue weighted by molar-refractivity contribution is 0.474. The lowest BCUT2D eigenvalue weighted by Gasteiger charge is -2.03. The minimum atomic E-state index is 0.119. The van der Waals surface area contributed by atoms with Crippen molar-refractivity contribution in [1.29, 1.82) is 0 Å². The number of rotatable bonds is 3. The molecule has 0 unspecified atom stereocenters. The van der Waals surface area contributed by atoms with E-state index in [4.69, 9.17) is 0 Å². The van der Waals surface area contributed by atoms with E-state index in [2.05, 4.69) is 27.0 Å². The molecular formula is C13H12BrNOS. The molecule has 4 heteroatoms. The van der Waals surface area contributed by atoms with E-state index in [0.29, 0.717) is 0 Å². The first-order chi connectivity index (χ1) is 8.16. The lowest BCUT2D eigenvalue weighted by Crippen LogP contribution is -1.88. The molecule has 0 aliphatic carbocycles. The zero-order valence-electron chi connectivity index (χ0n) is 9.30. The maximum absolute atomic E-state index is 9.67. The highest BCUT2D eigenvalue weighted by molar-refractivity contribution is 9.10. The first-order valence-corrected chi connectivity index (χ1v) is 6.89. The summed E-state index contributed by atoms with van der Waals surface area (Å²) in [6, 6.07) is 9.50. The number of hydrogen-bond acceptors (Lipinski definition) is 3. The van der Waals surface area contributed by atoms with Crippen molar-refractivity contribution < 1.29 is 5.11 Å². The second-order valence-electron chi connectivity index (χ2n) is 3.67. The van der Waals surface area contributed by atoms with Gasteiger partial charge in [0.15, 0.2) is 0 Å². The first-order valence-electron chi connectivity index (χ1n) is 5.22. The molecule has 0 saturated heterocycles. The summed E-state index contributed by atoms with van der Waals surface area (Å²) in [7, 11) is 0. The molecule has 2 nitrogen and oxygen atoms in total. The molecule has 1 heterocycles. The molecule has 0 amide bonds. The van der Waals surface area contributed by atoms with Gasteiger partial charge >= 0.3 is 0 Å². The highest BCUT2D eigenvalue weighted by atomic mass is 79.9. The molecule has 0 fully saturated rings. The van der Waals surface area contributed by atoms with Crippen molar-refractivity contribution in [1.82, 2.24) is 0 Å². The highest BCUT2D eigenvalue weighted by Crippen LogP contribution is 2.24. The van der Waals surface area contributed by atoms with Gasteiger partial charge in [-0.25, -0.2) is 0 Å². The van der Waals surface area contributed by atoms with Crippen molar-refractivity contribution in [2.75, 3.05) is 0 Å². The fourth-order valence-electron chi connectivity index (χ4n) is 1.42. The van der Waals surface area contributed by atoms with Gasteiger partial charge in [0.2, 0.25) is 0 Å². The fraction of sp³-hybridized carbons (Fsp3) is 0.154. The molecule has 1 atom stereocenters. The Balaban J connectivity index is 2.17. The summed E-state index contributed by atoms with van der Waals surface area (Å²) in [5.74, 6) is 0.246. The molecule has 1 aromatic heterocycles. The Bertz CT molecular complexity index is 522. The van der Waals surface area contributed by atoms with Crippen LogP contribution in [-0.4, -0.2) is 11.3 Å². The summed E-state index contributed by atoms with van der Waals surface area (Å²) in [5, 5.41) is 11.7. The molecule has 17 heavy (non-hydrogen) atoms. The second-order valence-corrected chi connectivity index (χ2v) is 5.57. The van der Waals surface area contributed by atoms with E-state index in [-0.39, 0.29) is 11.8 Å². The van der Waals surface area contributed by atoms with E-state index >= 15 is 0 Å². The average Bonchev–Trinajstić information content (AvgIpc) is 2.83. The third-order valence-electron chi connectivity index (χ3n) is 2.38. The first kappa shape index (κ1) is 12.3. The third-order valence-corrected chi connectivity index (χ3v) is 3.92. The molecule has 0 spiro atoms. The number of aliphatic imine (C=N–C) groups is 1. The van der Waals surface area contributed by atoms with Gasteiger partial charge in [-0.15, -0.1) is 11.3 Å². The van der Waals surface area contributed by atoms with Gasteiger partial charge in [0, 0.05) is 21.1 Å². The van der Waals surface area contributed by atoms with Gasteiger partial charge in [-0.1, -0.05) is 22.0 Å². The van der Waals surface area contributed by atoms with E-state index < -0.39 is 0 Å². The third kappa shape index (κ3) is 3.17. The summed E-state index contributed by atoms with van der Waals surface area (Å²) in [6.07, 6.45) is 1.71. The number of benzene rings is 1. The monoisotopic (exact) mass is 309 g/mol. The van der Waals surface area contributed by atoms with E-state index in [0.717, 1.165) is 10.0 Å². The molecule has 0 bridgehead atoms. The van der Waals surface area contributed by atoms with Gasteiger partial charge in [0.25, 0.3) is 0 Å². The number of phenols is 1. The van der Waals surface area contributed by atoms with Gasteiger partial charge in [-0.3, -0.25) is 4.99 Å². The summed E-state index contributed by atoms with van der Waals surface area (Å²) >= 11 is 5.06. The molecular weight excluding hydrogens is 298 g/mol. The largest absolute Gasteiger partial charge is 0.507 e. The maximum atomic E-state index is 9.67. The van der Waals surface area contributed by atoms with Gasteiger partial charge < -0.3 is 5.11 Å². The Morgan fingerprint density at radius 2 is 2.24 bits per heavy atom. The molecule has 1 aromatic carbocycles. The lowest BCUT2D eigenvalue weighted by atomic mass is 10.2. The van der Waals surface area contributed by atoms with Crippen LogP contribution in [0.4, 0.5) is 0 Å². The van der Waals surface area contributed by atoms with Crippen LogP contribution in [0.15, 0.2) is 45.2 Å². The zero-order valence-corrected chi connectivity index (χ0v) is 11.7. The predicted octanol–water partition coefficient (Wildman–Crippen LogP) is 4.40. The van der Waals surface area contributed by atoms with Crippen molar-refractivity contribution >= 4 is 33.5 Å². The molecule has 88 valence electrons. The summed E-state index contributed by atoms with van der Waals surface area (Å²) in [6.45, 7) is 2.04. The highest BCUT2D eigenvalue weighted by Gasteiger charge is 2.04. The van der Waals surface area contributed by atoms with Gasteiger partial charge in [0.1, 0.15) is 5.75 Å². The molecule has 0 saturated carbocycles. The van der Waals surface area contributed by atoms with Crippen LogP contribution >= 0.6 is 27.3 Å². The Morgan fingerprint density at radius 1 is 1.41 bits per heavy atom. The normalized spacial score (nSPS) is 13.1. The summed E-state index contributed by atoms with van der Waals surface area (Å²) < 4.78 is 0.931. The van der Waals surface area contributed by atoms with Crippen LogP contribution in [0, 0.1) is 0 Å². The van der Waals surface area contributed by atoms with Gasteiger partial charge in [-0.2, -0.15) is 0 Å². The maximum Gasteiger partial charge on any atom is 0.124 e. The summed E-state index contributed by atoms with van der Waals surface area (Å²) in [4.78, 5) is 5.66. The van der Waals surface area contributed by atoms with Crippen LogP contribution in [0.3, 0.4) is 0 Å². The van der Waals surface area contributed by atoms with Crippen LogP contribution in [0.1, 0.15) is 23.4 Å². The van der Waals surface area contributed by atoms with Crippen LogP contribution in [0.5, 0.6) is 5.75 Å². The van der Waals surface area contributed by atoms with Crippen LogP contribution < -0.4 is 0 Å². The molecule has 1 N–H and O–H groups in total. The molecule has 2 aromatic rings. The smallest absolute Gasteiger partial charge is 0.124 e. The number of thiophene rings is 1. The minimum absolute atomic E-state index is 0.119. The fourth-order valence-corrected chi connectivity index (χ4v) is 2.53. The predicted molar refractivity (Wildman–Crippen MR) is 76.1 cm³/mol. The van der Waals surface area contributed by atoms with Crippen molar-refractivity contribution in [3.05, 3.63) is 50.6 Å². The van der Waals surface area contributed by atoms with Crippen LogP contribution in [-0.2, 0) is 0 Å². The van der Waals surface area contributed by atoms with E-state index in [1.54, 1.807) is 29.7 Å². The number of halogens is 1. The SMILES string of the molecule is C[C@H](N=Cc1cc(Br)ccc1O)c1cccs1. The van der Waals surface area contributed by atoms with Crippen molar-refractivity contribution in [3.63, 3.8) is 0 Å². The molecule has 0 aliphatic rings. The minimum Gasteiger partial charge on any atom is -0.507 e. The topological polar surface area (TPSA) is 32.6 Å². The van der Waals surface area contributed by atoms with E-state index in [1.807, 2.05) is 24.4 Å². The quantitative estimate of drug-likeness (QED) is 0.838. The van der Waals surface area contributed by atoms with Crippen molar-refractivity contribution in [2.24, 2.45) is 4.99 Å². The van der Waals surface area contributed by atoms with Crippen LogP contribution in [0.2, 0.25) is 0 Å². The van der Waals surface area contributed by atoms with E-state index in [9.17, 15) is 5.11 Å². The van der Waals surface area contributed by atoms with Crippen molar-refractivity contribution in [3.8, 4) is 5.75 Å². The summed E-state index contributed by atoms with van der Waals surface area (Å²) in [5.41, 5.74) is 0.725. The van der Waals surface area contributed by atoms with Gasteiger partial charge in [-0.05, 0) is 36.6 Å². The zero-order chi connectivity index (χ0) is 12.3. The van der Waals surface area contributed by atoms with E-state index in [1.165, 1.54) is 4.88 Å². The number of phenolic OH excluding ortho intramolecular Hbond substituents is 1. The van der Waals surface area contributed by atoms with Gasteiger partial charge in [0.05, 0.1) is 6.04 Å². The Labute approximate surface area is 113 Å². The Morgan fingerprint density at radius 3 is 2.94 bits per heavy atom. The average molecular weight is 310 g/mol. The molecule has 0 aliphatic heterocycles.